The van der Waals surface area contributed by atoms with Crippen LogP contribution in [0.25, 0.3) is 0 Å². The summed E-state index contributed by atoms with van der Waals surface area (Å²) in [5.74, 6) is -0.815. The standard InChI is InChI=1S/C14H24N2O3/c15-11-5-3-4-10(8-11)12(17)16-9-14(13(18)19)6-1-2-7-14/h10-11H,1-9,15H2,(H,16,17)(H,18,19). The van der Waals surface area contributed by atoms with Crippen LogP contribution in [0.4, 0.5) is 0 Å². The molecule has 2 fully saturated rings. The fraction of sp³-hybridized carbons (Fsp3) is 0.857. The number of carboxylic acid groups (broad SMARTS) is 1. The molecule has 2 unspecified atom stereocenters. The lowest BCUT2D eigenvalue weighted by atomic mass is 9.84. The second kappa shape index (κ2) is 5.90. The molecule has 0 saturated heterocycles. The molecule has 0 heterocycles. The molecule has 2 aliphatic carbocycles. The molecule has 19 heavy (non-hydrogen) atoms. The number of amides is 1. The fourth-order valence-corrected chi connectivity index (χ4v) is 3.38. The van der Waals surface area contributed by atoms with E-state index in [0.29, 0.717) is 12.8 Å². The van der Waals surface area contributed by atoms with Crippen LogP contribution in [-0.4, -0.2) is 29.6 Å². The molecule has 0 aromatic heterocycles. The molecule has 0 spiro atoms. The first kappa shape index (κ1) is 14.3. The first-order chi connectivity index (χ1) is 9.03. The average Bonchev–Trinajstić information content (AvgIpc) is 2.86. The molecular weight excluding hydrogens is 244 g/mol. The Balaban J connectivity index is 1.87. The van der Waals surface area contributed by atoms with E-state index in [1.807, 2.05) is 0 Å². The number of carbonyl (C=O) groups is 2. The van der Waals surface area contributed by atoms with Crippen LogP contribution in [0.15, 0.2) is 0 Å². The van der Waals surface area contributed by atoms with Crippen molar-refractivity contribution >= 4 is 11.9 Å². The molecule has 4 N–H and O–H groups in total. The van der Waals surface area contributed by atoms with Crippen molar-refractivity contribution in [2.24, 2.45) is 17.1 Å². The highest BCUT2D eigenvalue weighted by molar-refractivity contribution is 5.81. The summed E-state index contributed by atoms with van der Waals surface area (Å²) in [5, 5.41) is 12.2. The van der Waals surface area contributed by atoms with Crippen LogP contribution < -0.4 is 11.1 Å². The largest absolute Gasteiger partial charge is 0.481 e. The van der Waals surface area contributed by atoms with E-state index in [1.54, 1.807) is 0 Å². The molecule has 2 atom stereocenters. The Morgan fingerprint density at radius 1 is 1.21 bits per heavy atom. The molecule has 2 saturated carbocycles. The third-order valence-electron chi connectivity index (χ3n) is 4.70. The van der Waals surface area contributed by atoms with Gasteiger partial charge in [0.2, 0.25) is 5.91 Å². The Hall–Kier alpha value is -1.10. The molecule has 0 radical (unpaired) electrons. The van der Waals surface area contributed by atoms with Crippen LogP contribution in [0.2, 0.25) is 0 Å². The summed E-state index contributed by atoms with van der Waals surface area (Å²) in [5.41, 5.74) is 5.15. The highest BCUT2D eigenvalue weighted by Crippen LogP contribution is 2.38. The van der Waals surface area contributed by atoms with Crippen LogP contribution in [0.3, 0.4) is 0 Å². The zero-order chi connectivity index (χ0) is 13.9. The van der Waals surface area contributed by atoms with Crippen molar-refractivity contribution in [1.29, 1.82) is 0 Å². The maximum atomic E-state index is 12.1. The van der Waals surface area contributed by atoms with Crippen molar-refractivity contribution in [3.8, 4) is 0 Å². The van der Waals surface area contributed by atoms with Crippen molar-refractivity contribution in [1.82, 2.24) is 5.32 Å². The van der Waals surface area contributed by atoms with Gasteiger partial charge in [-0.25, -0.2) is 0 Å². The topological polar surface area (TPSA) is 92.4 Å². The van der Waals surface area contributed by atoms with Gasteiger partial charge >= 0.3 is 5.97 Å². The maximum absolute atomic E-state index is 12.1. The van der Waals surface area contributed by atoms with Crippen LogP contribution in [0.5, 0.6) is 0 Å². The minimum atomic E-state index is -0.773. The molecule has 0 bridgehead atoms. The van der Waals surface area contributed by atoms with E-state index in [9.17, 15) is 14.7 Å². The molecule has 5 heteroatoms. The zero-order valence-corrected chi connectivity index (χ0v) is 11.4. The fourth-order valence-electron chi connectivity index (χ4n) is 3.38. The zero-order valence-electron chi connectivity index (χ0n) is 11.4. The molecule has 5 nitrogen and oxygen atoms in total. The molecule has 0 aromatic rings. The van der Waals surface area contributed by atoms with E-state index in [1.165, 1.54) is 0 Å². The van der Waals surface area contributed by atoms with Gasteiger partial charge in [0.05, 0.1) is 5.41 Å². The van der Waals surface area contributed by atoms with Crippen LogP contribution in [-0.2, 0) is 9.59 Å². The lowest BCUT2D eigenvalue weighted by Crippen LogP contribution is -2.44. The quantitative estimate of drug-likeness (QED) is 0.715. The minimum absolute atomic E-state index is 0.0114. The number of hydrogen-bond acceptors (Lipinski definition) is 3. The SMILES string of the molecule is NC1CCCC(C(=O)NCC2(C(=O)O)CCCC2)C1. The van der Waals surface area contributed by atoms with Crippen molar-refractivity contribution in [3.05, 3.63) is 0 Å². The average molecular weight is 268 g/mol. The summed E-state index contributed by atoms with van der Waals surface area (Å²) >= 11 is 0. The third kappa shape index (κ3) is 3.26. The van der Waals surface area contributed by atoms with Gasteiger partial charge in [0.25, 0.3) is 0 Å². The second-order valence-corrected chi connectivity index (χ2v) is 6.13. The number of nitrogens with two attached hydrogens (primary N) is 1. The van der Waals surface area contributed by atoms with E-state index < -0.39 is 11.4 Å². The number of carboxylic acids is 1. The summed E-state index contributed by atoms with van der Waals surface area (Å²) in [4.78, 5) is 23.5. The number of nitrogens with one attached hydrogen (secondary N) is 1. The summed E-state index contributed by atoms with van der Waals surface area (Å²) in [6.07, 6.45) is 6.81. The first-order valence-corrected chi connectivity index (χ1v) is 7.30. The van der Waals surface area contributed by atoms with Crippen LogP contribution in [0, 0.1) is 11.3 Å². The third-order valence-corrected chi connectivity index (χ3v) is 4.70. The lowest BCUT2D eigenvalue weighted by Gasteiger charge is -2.28. The van der Waals surface area contributed by atoms with Crippen LogP contribution >= 0.6 is 0 Å². The Kier molecular flexibility index (Phi) is 4.45. The van der Waals surface area contributed by atoms with Gasteiger partial charge in [0.15, 0.2) is 0 Å². The lowest BCUT2D eigenvalue weighted by molar-refractivity contribution is -0.148. The number of aliphatic carboxylic acids is 1. The molecular formula is C14H24N2O3. The van der Waals surface area contributed by atoms with Crippen LogP contribution in [0.1, 0.15) is 51.4 Å². The highest BCUT2D eigenvalue weighted by Gasteiger charge is 2.41. The number of rotatable bonds is 4. The molecule has 2 rings (SSSR count). The monoisotopic (exact) mass is 268 g/mol. The van der Waals surface area contributed by atoms with E-state index in [0.717, 1.165) is 38.5 Å². The Bertz CT molecular complexity index is 351. The first-order valence-electron chi connectivity index (χ1n) is 7.30. The Morgan fingerprint density at radius 2 is 1.89 bits per heavy atom. The van der Waals surface area contributed by atoms with Gasteiger partial charge in [0, 0.05) is 18.5 Å². The molecule has 0 aromatic carbocycles. The second-order valence-electron chi connectivity index (χ2n) is 6.13. The van der Waals surface area contributed by atoms with Crippen molar-refractivity contribution in [3.63, 3.8) is 0 Å². The van der Waals surface area contributed by atoms with E-state index in [4.69, 9.17) is 5.73 Å². The van der Waals surface area contributed by atoms with Gasteiger partial charge in [-0.3, -0.25) is 9.59 Å². The Labute approximate surface area is 113 Å². The van der Waals surface area contributed by atoms with Gasteiger partial charge in [-0.2, -0.15) is 0 Å². The maximum Gasteiger partial charge on any atom is 0.311 e. The van der Waals surface area contributed by atoms with Gasteiger partial charge in [-0.15, -0.1) is 0 Å². The van der Waals surface area contributed by atoms with E-state index in [-0.39, 0.29) is 24.4 Å². The Morgan fingerprint density at radius 3 is 2.47 bits per heavy atom. The smallest absolute Gasteiger partial charge is 0.311 e. The van der Waals surface area contributed by atoms with Crippen molar-refractivity contribution in [2.45, 2.75) is 57.4 Å². The predicted molar refractivity (Wildman–Crippen MR) is 71.5 cm³/mol. The van der Waals surface area contributed by atoms with E-state index in [2.05, 4.69) is 5.32 Å². The van der Waals surface area contributed by atoms with Gasteiger partial charge in [0.1, 0.15) is 0 Å². The number of carbonyl (C=O) groups excluding carboxylic acids is 1. The summed E-state index contributed by atoms with van der Waals surface area (Å²) in [6.45, 7) is 0.271. The van der Waals surface area contributed by atoms with Gasteiger partial charge < -0.3 is 16.2 Å². The highest BCUT2D eigenvalue weighted by atomic mass is 16.4. The number of hydrogen-bond donors (Lipinski definition) is 3. The van der Waals surface area contributed by atoms with E-state index >= 15 is 0 Å². The molecule has 108 valence electrons. The van der Waals surface area contributed by atoms with Gasteiger partial charge in [-0.05, 0) is 32.1 Å². The van der Waals surface area contributed by atoms with Crippen molar-refractivity contribution < 1.29 is 14.7 Å². The summed E-state index contributed by atoms with van der Waals surface area (Å²) in [6, 6.07) is 0.115. The molecule has 2 aliphatic rings. The van der Waals surface area contributed by atoms with Gasteiger partial charge in [-0.1, -0.05) is 19.3 Å². The summed E-state index contributed by atoms with van der Waals surface area (Å²) in [7, 11) is 0. The van der Waals surface area contributed by atoms with Crippen molar-refractivity contribution in [2.75, 3.05) is 6.54 Å². The minimum Gasteiger partial charge on any atom is -0.481 e. The molecule has 1 amide bonds. The summed E-state index contributed by atoms with van der Waals surface area (Å²) < 4.78 is 0. The predicted octanol–water partition coefficient (Wildman–Crippen LogP) is 1.27. The normalized spacial score (nSPS) is 29.9. The molecule has 0 aliphatic heterocycles.